The van der Waals surface area contributed by atoms with Gasteiger partial charge in [-0.3, -0.25) is 0 Å². The average Bonchev–Trinajstić information content (AvgIpc) is 2.18. The van der Waals surface area contributed by atoms with Crippen molar-refractivity contribution in [1.29, 1.82) is 0 Å². The Bertz CT molecular complexity index is 160. The molecule has 0 amide bonds. The van der Waals surface area contributed by atoms with E-state index in [1.165, 1.54) is 32.1 Å². The molecule has 0 aliphatic heterocycles. The smallest absolute Gasteiger partial charge is 0.129 e. The molecule has 1 rings (SSSR count). The van der Waals surface area contributed by atoms with E-state index in [0.29, 0.717) is 6.42 Å². The monoisotopic (exact) mass is 198 g/mol. The number of hydrogen-bond acceptors (Lipinski definition) is 2. The molecule has 0 spiro atoms. The lowest BCUT2D eigenvalue weighted by Gasteiger charge is -2.21. The Morgan fingerprint density at radius 3 is 2.64 bits per heavy atom. The predicted octanol–water partition coefficient (Wildman–Crippen LogP) is 2.95. The van der Waals surface area contributed by atoms with Crippen LogP contribution in [-0.2, 0) is 9.53 Å². The molecular weight excluding hydrogens is 176 g/mol. The molecule has 1 aliphatic carbocycles. The second kappa shape index (κ2) is 6.99. The van der Waals surface area contributed by atoms with Crippen LogP contribution in [0.2, 0.25) is 0 Å². The van der Waals surface area contributed by atoms with E-state index in [4.69, 9.17) is 4.74 Å². The Morgan fingerprint density at radius 1 is 1.29 bits per heavy atom. The molecule has 0 radical (unpaired) electrons. The van der Waals surface area contributed by atoms with Crippen LogP contribution >= 0.6 is 0 Å². The van der Waals surface area contributed by atoms with Crippen molar-refractivity contribution in [3.05, 3.63) is 0 Å². The summed E-state index contributed by atoms with van der Waals surface area (Å²) < 4.78 is 5.57. The molecule has 0 saturated heterocycles. The summed E-state index contributed by atoms with van der Waals surface area (Å²) in [6, 6.07) is 0. The van der Waals surface area contributed by atoms with Crippen molar-refractivity contribution in [2.24, 2.45) is 5.92 Å². The molecule has 1 aliphatic rings. The number of hydrogen-bond donors (Lipinski definition) is 0. The highest BCUT2D eigenvalue weighted by Crippen LogP contribution is 2.23. The maximum absolute atomic E-state index is 10.7. The third kappa shape index (κ3) is 5.38. The fourth-order valence-electron chi connectivity index (χ4n) is 2.03. The summed E-state index contributed by atoms with van der Waals surface area (Å²) in [7, 11) is 0. The fourth-order valence-corrected chi connectivity index (χ4v) is 2.03. The molecule has 1 saturated carbocycles. The van der Waals surface area contributed by atoms with Crippen molar-refractivity contribution in [3.63, 3.8) is 0 Å². The van der Waals surface area contributed by atoms with E-state index in [0.717, 1.165) is 25.6 Å². The minimum Gasteiger partial charge on any atom is -0.381 e. The van der Waals surface area contributed by atoms with Gasteiger partial charge in [0.05, 0.1) is 0 Å². The Labute approximate surface area is 87.0 Å². The largest absolute Gasteiger partial charge is 0.381 e. The number of carbonyl (C=O) groups is 1. The van der Waals surface area contributed by atoms with Gasteiger partial charge in [-0.1, -0.05) is 19.3 Å². The summed E-state index contributed by atoms with van der Waals surface area (Å²) in [5.41, 5.74) is 0. The van der Waals surface area contributed by atoms with Gasteiger partial charge in [0.25, 0.3) is 0 Å². The molecule has 0 bridgehead atoms. The summed E-state index contributed by atoms with van der Waals surface area (Å²) in [5, 5.41) is 0. The lowest BCUT2D eigenvalue weighted by atomic mass is 9.90. The zero-order valence-corrected chi connectivity index (χ0v) is 9.26. The number of Topliss-reactive ketones (excluding diaryl/α,β-unsaturated/α-hetero) is 1. The van der Waals surface area contributed by atoms with Gasteiger partial charge in [-0.25, -0.2) is 0 Å². The highest BCUT2D eigenvalue weighted by atomic mass is 16.5. The van der Waals surface area contributed by atoms with Crippen molar-refractivity contribution >= 4 is 5.78 Å². The van der Waals surface area contributed by atoms with Crippen LogP contribution in [0.4, 0.5) is 0 Å². The predicted molar refractivity (Wildman–Crippen MR) is 57.3 cm³/mol. The molecule has 0 N–H and O–H groups in total. The quantitative estimate of drug-likeness (QED) is 0.613. The summed E-state index contributed by atoms with van der Waals surface area (Å²) in [6.45, 7) is 3.31. The summed E-state index contributed by atoms with van der Waals surface area (Å²) in [5.74, 6) is 1.06. The van der Waals surface area contributed by atoms with Gasteiger partial charge in [-0.15, -0.1) is 0 Å². The first-order valence-electron chi connectivity index (χ1n) is 5.86. The Hall–Kier alpha value is -0.370. The molecule has 82 valence electrons. The van der Waals surface area contributed by atoms with E-state index < -0.39 is 0 Å². The van der Waals surface area contributed by atoms with Crippen LogP contribution < -0.4 is 0 Å². The number of rotatable bonds is 6. The van der Waals surface area contributed by atoms with Gasteiger partial charge >= 0.3 is 0 Å². The van der Waals surface area contributed by atoms with Gasteiger partial charge < -0.3 is 9.53 Å². The third-order valence-electron chi connectivity index (χ3n) is 2.90. The van der Waals surface area contributed by atoms with Crippen LogP contribution in [0.3, 0.4) is 0 Å². The Morgan fingerprint density at radius 2 is 2.00 bits per heavy atom. The second-order valence-electron chi connectivity index (χ2n) is 4.38. The van der Waals surface area contributed by atoms with E-state index in [2.05, 4.69) is 0 Å². The summed E-state index contributed by atoms with van der Waals surface area (Å²) in [4.78, 5) is 10.7. The van der Waals surface area contributed by atoms with Gasteiger partial charge in [-0.2, -0.15) is 0 Å². The third-order valence-corrected chi connectivity index (χ3v) is 2.90. The first-order valence-corrected chi connectivity index (χ1v) is 5.86. The molecule has 14 heavy (non-hydrogen) atoms. The van der Waals surface area contributed by atoms with Crippen molar-refractivity contribution in [1.82, 2.24) is 0 Å². The highest BCUT2D eigenvalue weighted by Gasteiger charge is 2.12. The first kappa shape index (κ1) is 11.7. The van der Waals surface area contributed by atoms with Crippen LogP contribution in [-0.4, -0.2) is 19.0 Å². The zero-order chi connectivity index (χ0) is 10.2. The van der Waals surface area contributed by atoms with E-state index in [-0.39, 0.29) is 5.78 Å². The molecular formula is C12H22O2. The van der Waals surface area contributed by atoms with Crippen molar-refractivity contribution in [3.8, 4) is 0 Å². The van der Waals surface area contributed by atoms with Crippen LogP contribution in [0.15, 0.2) is 0 Å². The van der Waals surface area contributed by atoms with Crippen LogP contribution in [0.1, 0.15) is 51.9 Å². The van der Waals surface area contributed by atoms with E-state index >= 15 is 0 Å². The first-order chi connectivity index (χ1) is 6.79. The molecule has 1 fully saturated rings. The van der Waals surface area contributed by atoms with Gasteiger partial charge in [0, 0.05) is 19.6 Å². The standard InChI is InChI=1S/C12H22O2/c1-11(13)6-5-9-14-10-12-7-3-2-4-8-12/h12H,2-10H2,1H3. The van der Waals surface area contributed by atoms with Gasteiger partial charge in [0.1, 0.15) is 5.78 Å². The fraction of sp³-hybridized carbons (Fsp3) is 0.917. The van der Waals surface area contributed by atoms with Crippen molar-refractivity contribution in [2.75, 3.05) is 13.2 Å². The molecule has 2 nitrogen and oxygen atoms in total. The summed E-state index contributed by atoms with van der Waals surface area (Å²) in [6.07, 6.45) is 8.40. The zero-order valence-electron chi connectivity index (χ0n) is 9.26. The number of ketones is 1. The molecule has 0 aromatic rings. The van der Waals surface area contributed by atoms with Gasteiger partial charge in [-0.05, 0) is 32.1 Å². The lowest BCUT2D eigenvalue weighted by Crippen LogP contribution is -2.14. The Kier molecular flexibility index (Phi) is 5.85. The van der Waals surface area contributed by atoms with E-state index in [9.17, 15) is 4.79 Å². The van der Waals surface area contributed by atoms with Crippen LogP contribution in [0.5, 0.6) is 0 Å². The summed E-state index contributed by atoms with van der Waals surface area (Å²) >= 11 is 0. The Balaban J connectivity index is 1.90. The molecule has 0 atom stereocenters. The van der Waals surface area contributed by atoms with Crippen LogP contribution in [0, 0.1) is 5.92 Å². The minimum atomic E-state index is 0.270. The molecule has 0 aromatic heterocycles. The number of carbonyl (C=O) groups excluding carboxylic acids is 1. The number of ether oxygens (including phenoxy) is 1. The molecule has 0 aromatic carbocycles. The second-order valence-corrected chi connectivity index (χ2v) is 4.38. The normalized spacial score (nSPS) is 18.4. The average molecular weight is 198 g/mol. The van der Waals surface area contributed by atoms with E-state index in [1.807, 2.05) is 0 Å². The van der Waals surface area contributed by atoms with Crippen LogP contribution in [0.25, 0.3) is 0 Å². The molecule has 0 heterocycles. The SMILES string of the molecule is CC(=O)CCCOCC1CCCCC1. The maximum Gasteiger partial charge on any atom is 0.129 e. The topological polar surface area (TPSA) is 26.3 Å². The minimum absolute atomic E-state index is 0.270. The van der Waals surface area contributed by atoms with E-state index in [1.54, 1.807) is 6.92 Å². The lowest BCUT2D eigenvalue weighted by molar-refractivity contribution is -0.117. The van der Waals surface area contributed by atoms with Gasteiger partial charge in [0.15, 0.2) is 0 Å². The maximum atomic E-state index is 10.7. The van der Waals surface area contributed by atoms with Gasteiger partial charge in [0.2, 0.25) is 0 Å². The van der Waals surface area contributed by atoms with Crippen molar-refractivity contribution in [2.45, 2.75) is 51.9 Å². The molecule has 0 unspecified atom stereocenters. The van der Waals surface area contributed by atoms with Crippen molar-refractivity contribution < 1.29 is 9.53 Å². The molecule has 2 heteroatoms. The highest BCUT2D eigenvalue weighted by molar-refractivity contribution is 5.75.